The van der Waals surface area contributed by atoms with Crippen molar-refractivity contribution < 1.29 is 14.7 Å². The third kappa shape index (κ3) is 5.05. The molecule has 0 heterocycles. The second-order valence-corrected chi connectivity index (χ2v) is 5.11. The summed E-state index contributed by atoms with van der Waals surface area (Å²) in [5.41, 5.74) is 2.00. The lowest BCUT2D eigenvalue weighted by Gasteiger charge is -2.21. The number of amides is 1. The lowest BCUT2D eigenvalue weighted by atomic mass is 10.1. The molecule has 0 unspecified atom stereocenters. The molecule has 0 aliphatic rings. The SMILES string of the molecule is O=C(O)CN(Cc1ccccc1)C(=O)CCc1ccccc1. The van der Waals surface area contributed by atoms with Crippen LogP contribution in [-0.4, -0.2) is 28.4 Å². The van der Waals surface area contributed by atoms with Gasteiger partial charge < -0.3 is 10.0 Å². The first kappa shape index (κ1) is 15.8. The van der Waals surface area contributed by atoms with Gasteiger partial charge in [-0.25, -0.2) is 0 Å². The van der Waals surface area contributed by atoms with Crippen LogP contribution >= 0.6 is 0 Å². The minimum atomic E-state index is -0.996. The Morgan fingerprint density at radius 1 is 0.864 bits per heavy atom. The van der Waals surface area contributed by atoms with Crippen molar-refractivity contribution in [2.75, 3.05) is 6.54 Å². The zero-order chi connectivity index (χ0) is 15.8. The van der Waals surface area contributed by atoms with Gasteiger partial charge in [0.25, 0.3) is 0 Å². The number of rotatable bonds is 7. The molecular formula is C18H19NO3. The molecule has 2 aromatic carbocycles. The van der Waals surface area contributed by atoms with Crippen LogP contribution in [0.4, 0.5) is 0 Å². The van der Waals surface area contributed by atoms with Crippen LogP contribution in [0.15, 0.2) is 60.7 Å². The van der Waals surface area contributed by atoms with Crippen molar-refractivity contribution in [1.82, 2.24) is 4.90 Å². The zero-order valence-electron chi connectivity index (χ0n) is 12.3. The molecule has 1 N–H and O–H groups in total. The summed E-state index contributed by atoms with van der Waals surface area (Å²) in [5, 5.41) is 9.00. The first-order valence-electron chi connectivity index (χ1n) is 7.22. The highest BCUT2D eigenvalue weighted by atomic mass is 16.4. The van der Waals surface area contributed by atoms with Gasteiger partial charge in [-0.1, -0.05) is 60.7 Å². The standard InChI is InChI=1S/C18H19NO3/c20-17(12-11-15-7-3-1-4-8-15)19(14-18(21)22)13-16-9-5-2-6-10-16/h1-10H,11-14H2,(H,21,22). The number of carboxylic acids is 1. The Morgan fingerprint density at radius 2 is 1.41 bits per heavy atom. The largest absolute Gasteiger partial charge is 0.480 e. The molecule has 2 aromatic rings. The Morgan fingerprint density at radius 3 is 1.95 bits per heavy atom. The van der Waals surface area contributed by atoms with Gasteiger partial charge in [0.15, 0.2) is 0 Å². The Bertz CT molecular complexity index is 611. The smallest absolute Gasteiger partial charge is 0.323 e. The average Bonchev–Trinajstić information content (AvgIpc) is 2.53. The molecule has 0 aliphatic carbocycles. The van der Waals surface area contributed by atoms with E-state index in [-0.39, 0.29) is 12.5 Å². The lowest BCUT2D eigenvalue weighted by Crippen LogP contribution is -2.35. The molecule has 0 saturated carbocycles. The molecule has 0 aliphatic heterocycles. The quantitative estimate of drug-likeness (QED) is 0.855. The average molecular weight is 297 g/mol. The summed E-state index contributed by atoms with van der Waals surface area (Å²) in [5.74, 6) is -1.14. The van der Waals surface area contributed by atoms with E-state index in [0.29, 0.717) is 19.4 Å². The molecule has 1 amide bonds. The van der Waals surface area contributed by atoms with Crippen molar-refractivity contribution in [2.45, 2.75) is 19.4 Å². The molecule has 2 rings (SSSR count). The highest BCUT2D eigenvalue weighted by Crippen LogP contribution is 2.09. The Hall–Kier alpha value is -2.62. The molecule has 0 saturated heterocycles. The highest BCUT2D eigenvalue weighted by Gasteiger charge is 2.16. The van der Waals surface area contributed by atoms with Gasteiger partial charge in [0.1, 0.15) is 6.54 Å². The number of nitrogens with zero attached hydrogens (tertiary/aromatic N) is 1. The molecule has 4 nitrogen and oxygen atoms in total. The molecule has 0 atom stereocenters. The minimum Gasteiger partial charge on any atom is -0.480 e. The van der Waals surface area contributed by atoms with Crippen LogP contribution in [-0.2, 0) is 22.6 Å². The number of benzene rings is 2. The van der Waals surface area contributed by atoms with Crippen LogP contribution < -0.4 is 0 Å². The van der Waals surface area contributed by atoms with Gasteiger partial charge in [-0.15, -0.1) is 0 Å². The van der Waals surface area contributed by atoms with Crippen LogP contribution in [0.3, 0.4) is 0 Å². The van der Waals surface area contributed by atoms with E-state index in [0.717, 1.165) is 11.1 Å². The van der Waals surface area contributed by atoms with Gasteiger partial charge in [0, 0.05) is 13.0 Å². The van der Waals surface area contributed by atoms with Gasteiger partial charge in [-0.3, -0.25) is 9.59 Å². The molecule has 114 valence electrons. The number of aryl methyl sites for hydroxylation is 1. The summed E-state index contributed by atoms with van der Waals surface area (Å²) in [6.07, 6.45) is 0.925. The van der Waals surface area contributed by atoms with E-state index in [2.05, 4.69) is 0 Å². The van der Waals surface area contributed by atoms with E-state index in [1.54, 1.807) is 0 Å². The van der Waals surface area contributed by atoms with Gasteiger partial charge >= 0.3 is 5.97 Å². The molecular weight excluding hydrogens is 278 g/mol. The fourth-order valence-electron chi connectivity index (χ4n) is 2.25. The third-order valence-corrected chi connectivity index (χ3v) is 3.37. The summed E-state index contributed by atoms with van der Waals surface area (Å²) in [6, 6.07) is 19.1. The van der Waals surface area contributed by atoms with Crippen molar-refractivity contribution in [3.05, 3.63) is 71.8 Å². The van der Waals surface area contributed by atoms with E-state index >= 15 is 0 Å². The topological polar surface area (TPSA) is 57.6 Å². The van der Waals surface area contributed by atoms with Gasteiger partial charge in [-0.2, -0.15) is 0 Å². The number of hydrogen-bond donors (Lipinski definition) is 1. The summed E-state index contributed by atoms with van der Waals surface area (Å²) in [4.78, 5) is 24.7. The first-order chi connectivity index (χ1) is 10.6. The van der Waals surface area contributed by atoms with Gasteiger partial charge in [0.2, 0.25) is 5.91 Å². The number of aliphatic carboxylic acids is 1. The fourth-order valence-corrected chi connectivity index (χ4v) is 2.25. The maximum absolute atomic E-state index is 12.3. The number of hydrogen-bond acceptors (Lipinski definition) is 2. The fraction of sp³-hybridized carbons (Fsp3) is 0.222. The van der Waals surface area contributed by atoms with Gasteiger partial charge in [-0.05, 0) is 17.5 Å². The highest BCUT2D eigenvalue weighted by molar-refractivity contribution is 5.81. The van der Waals surface area contributed by atoms with Crippen molar-refractivity contribution in [3.63, 3.8) is 0 Å². The monoisotopic (exact) mass is 297 g/mol. The Kier molecular flexibility index (Phi) is 5.72. The maximum Gasteiger partial charge on any atom is 0.323 e. The number of carbonyl (C=O) groups excluding carboxylic acids is 1. The maximum atomic E-state index is 12.3. The van der Waals surface area contributed by atoms with Crippen LogP contribution in [0, 0.1) is 0 Å². The van der Waals surface area contributed by atoms with Crippen molar-refractivity contribution in [3.8, 4) is 0 Å². The second-order valence-electron chi connectivity index (χ2n) is 5.11. The van der Waals surface area contributed by atoms with Gasteiger partial charge in [0.05, 0.1) is 0 Å². The van der Waals surface area contributed by atoms with E-state index in [9.17, 15) is 9.59 Å². The first-order valence-corrected chi connectivity index (χ1v) is 7.22. The van der Waals surface area contributed by atoms with Crippen molar-refractivity contribution in [2.24, 2.45) is 0 Å². The van der Waals surface area contributed by atoms with E-state index in [1.165, 1.54) is 4.90 Å². The minimum absolute atomic E-state index is 0.143. The van der Waals surface area contributed by atoms with Crippen LogP contribution in [0.25, 0.3) is 0 Å². The molecule has 4 heteroatoms. The Balaban J connectivity index is 1.98. The van der Waals surface area contributed by atoms with Crippen molar-refractivity contribution >= 4 is 11.9 Å². The summed E-state index contributed by atoms with van der Waals surface area (Å²) >= 11 is 0. The predicted molar refractivity (Wildman–Crippen MR) is 84.3 cm³/mol. The predicted octanol–water partition coefficient (Wildman–Crippen LogP) is 2.73. The molecule has 0 aromatic heterocycles. The van der Waals surface area contributed by atoms with Crippen molar-refractivity contribution in [1.29, 1.82) is 0 Å². The summed E-state index contributed by atoms with van der Waals surface area (Å²) in [7, 11) is 0. The van der Waals surface area contributed by atoms with Crippen LogP contribution in [0.2, 0.25) is 0 Å². The normalized spacial score (nSPS) is 10.2. The number of carboxylic acid groups (broad SMARTS) is 1. The van der Waals surface area contributed by atoms with Crippen LogP contribution in [0.1, 0.15) is 17.5 Å². The lowest BCUT2D eigenvalue weighted by molar-refractivity contribution is -0.144. The summed E-state index contributed by atoms with van der Waals surface area (Å²) in [6.45, 7) is 0.0449. The molecule has 0 bridgehead atoms. The van der Waals surface area contributed by atoms with E-state index in [4.69, 9.17) is 5.11 Å². The molecule has 0 radical (unpaired) electrons. The summed E-state index contributed by atoms with van der Waals surface area (Å²) < 4.78 is 0. The zero-order valence-corrected chi connectivity index (χ0v) is 12.3. The molecule has 22 heavy (non-hydrogen) atoms. The molecule has 0 fully saturated rings. The van der Waals surface area contributed by atoms with Crippen LogP contribution in [0.5, 0.6) is 0 Å². The third-order valence-electron chi connectivity index (χ3n) is 3.37. The Labute approximate surface area is 130 Å². The second kappa shape index (κ2) is 7.98. The molecule has 0 spiro atoms. The van der Waals surface area contributed by atoms with E-state index < -0.39 is 5.97 Å². The number of carbonyl (C=O) groups is 2. The van der Waals surface area contributed by atoms with E-state index in [1.807, 2.05) is 60.7 Å².